The van der Waals surface area contributed by atoms with Gasteiger partial charge < -0.3 is 5.32 Å². The van der Waals surface area contributed by atoms with Gasteiger partial charge in [-0.05, 0) is 19.1 Å². The van der Waals surface area contributed by atoms with Crippen molar-refractivity contribution >= 4 is 17.0 Å². The molecule has 0 aliphatic heterocycles. The first-order valence-corrected chi connectivity index (χ1v) is 6.03. The highest BCUT2D eigenvalue weighted by Gasteiger charge is 2.04. The molecule has 0 amide bonds. The van der Waals surface area contributed by atoms with Gasteiger partial charge in [-0.2, -0.15) is 5.10 Å². The molecule has 0 fully saturated rings. The fourth-order valence-corrected chi connectivity index (χ4v) is 1.86. The summed E-state index contributed by atoms with van der Waals surface area (Å²) in [4.78, 5) is 12.8. The van der Waals surface area contributed by atoms with E-state index in [1.807, 2.05) is 37.0 Å². The van der Waals surface area contributed by atoms with Crippen molar-refractivity contribution in [1.82, 2.24) is 24.7 Å². The molecule has 6 heteroatoms. The summed E-state index contributed by atoms with van der Waals surface area (Å²) in [7, 11) is 1.93. The lowest BCUT2D eigenvalue weighted by Gasteiger charge is -2.05. The Hall–Kier alpha value is -2.50. The van der Waals surface area contributed by atoms with Gasteiger partial charge >= 0.3 is 0 Å². The third-order valence-electron chi connectivity index (χ3n) is 3.13. The van der Waals surface area contributed by atoms with Crippen LogP contribution in [-0.2, 0) is 13.6 Å². The van der Waals surface area contributed by atoms with E-state index in [4.69, 9.17) is 0 Å². The highest BCUT2D eigenvalue weighted by molar-refractivity contribution is 5.71. The van der Waals surface area contributed by atoms with Crippen molar-refractivity contribution in [2.24, 2.45) is 7.05 Å². The maximum atomic E-state index is 4.41. The highest BCUT2D eigenvalue weighted by atomic mass is 15.3. The van der Waals surface area contributed by atoms with Crippen molar-refractivity contribution in [3.63, 3.8) is 0 Å². The molecule has 0 spiro atoms. The van der Waals surface area contributed by atoms with E-state index in [0.29, 0.717) is 12.2 Å². The Kier molecular flexibility index (Phi) is 2.83. The average Bonchev–Trinajstić information content (AvgIpc) is 2.76. The van der Waals surface area contributed by atoms with Crippen LogP contribution < -0.4 is 5.32 Å². The Balaban J connectivity index is 1.80. The smallest absolute Gasteiger partial charge is 0.180 e. The number of nitrogens with one attached hydrogen (secondary N) is 1. The van der Waals surface area contributed by atoms with E-state index >= 15 is 0 Å². The first-order chi connectivity index (χ1) is 9.24. The van der Waals surface area contributed by atoms with E-state index in [-0.39, 0.29) is 0 Å². The van der Waals surface area contributed by atoms with Crippen molar-refractivity contribution in [2.75, 3.05) is 5.32 Å². The number of aryl methyl sites for hydroxylation is 1. The molecule has 1 N–H and O–H groups in total. The molecular weight excluding hydrogens is 240 g/mol. The van der Waals surface area contributed by atoms with Gasteiger partial charge in [-0.15, -0.1) is 0 Å². The molecule has 6 nitrogen and oxygen atoms in total. The third kappa shape index (κ3) is 2.24. The van der Waals surface area contributed by atoms with Crippen LogP contribution in [0.5, 0.6) is 0 Å². The van der Waals surface area contributed by atoms with Gasteiger partial charge in [-0.1, -0.05) is 0 Å². The molecule has 19 heavy (non-hydrogen) atoms. The molecule has 0 saturated heterocycles. The zero-order valence-corrected chi connectivity index (χ0v) is 10.8. The summed E-state index contributed by atoms with van der Waals surface area (Å²) in [6, 6.07) is 3.82. The second-order valence-corrected chi connectivity index (χ2v) is 4.33. The second kappa shape index (κ2) is 4.64. The van der Waals surface area contributed by atoms with Gasteiger partial charge in [0.15, 0.2) is 5.65 Å². The standard InChI is InChI=1S/C13H14N6/c1-9-10(8-17-19(9)2)7-16-12-4-3-11-13(18-12)15-6-5-14-11/h3-6,8H,7H2,1-2H3,(H,15,16,18). The molecule has 3 aromatic rings. The van der Waals surface area contributed by atoms with Crippen LogP contribution in [0.4, 0.5) is 5.82 Å². The van der Waals surface area contributed by atoms with Gasteiger partial charge in [0.05, 0.1) is 6.20 Å². The minimum Gasteiger partial charge on any atom is -0.366 e. The van der Waals surface area contributed by atoms with Crippen molar-refractivity contribution in [3.8, 4) is 0 Å². The summed E-state index contributed by atoms with van der Waals surface area (Å²) in [6.07, 6.45) is 5.17. The zero-order valence-electron chi connectivity index (χ0n) is 10.8. The topological polar surface area (TPSA) is 68.5 Å². The highest BCUT2D eigenvalue weighted by Crippen LogP contribution is 2.12. The van der Waals surface area contributed by atoms with Gasteiger partial charge in [-0.3, -0.25) is 9.67 Å². The number of rotatable bonds is 3. The number of hydrogen-bond donors (Lipinski definition) is 1. The number of hydrogen-bond acceptors (Lipinski definition) is 5. The molecule has 3 heterocycles. The molecule has 0 aliphatic rings. The largest absolute Gasteiger partial charge is 0.366 e. The van der Waals surface area contributed by atoms with Crippen LogP contribution in [0.3, 0.4) is 0 Å². The summed E-state index contributed by atoms with van der Waals surface area (Å²) in [6.45, 7) is 2.74. The lowest BCUT2D eigenvalue weighted by Crippen LogP contribution is -2.03. The van der Waals surface area contributed by atoms with Gasteiger partial charge in [0.25, 0.3) is 0 Å². The van der Waals surface area contributed by atoms with E-state index in [1.54, 1.807) is 12.4 Å². The molecule has 96 valence electrons. The number of nitrogens with zero attached hydrogens (tertiary/aromatic N) is 5. The van der Waals surface area contributed by atoms with Gasteiger partial charge in [0.2, 0.25) is 0 Å². The van der Waals surface area contributed by atoms with Crippen LogP contribution >= 0.6 is 0 Å². The molecule has 3 aromatic heterocycles. The minimum absolute atomic E-state index is 0.649. The van der Waals surface area contributed by atoms with Crippen molar-refractivity contribution in [1.29, 1.82) is 0 Å². The van der Waals surface area contributed by atoms with E-state index in [2.05, 4.69) is 25.4 Å². The van der Waals surface area contributed by atoms with Crippen LogP contribution in [0.25, 0.3) is 11.2 Å². The lowest BCUT2D eigenvalue weighted by atomic mass is 10.2. The van der Waals surface area contributed by atoms with Crippen molar-refractivity contribution < 1.29 is 0 Å². The molecule has 3 rings (SSSR count). The first-order valence-electron chi connectivity index (χ1n) is 6.03. The Morgan fingerprint density at radius 1 is 1.21 bits per heavy atom. The fourth-order valence-electron chi connectivity index (χ4n) is 1.86. The lowest BCUT2D eigenvalue weighted by molar-refractivity contribution is 0.738. The zero-order chi connectivity index (χ0) is 13.2. The molecule has 0 aliphatic carbocycles. The fraction of sp³-hybridized carbons (Fsp3) is 0.231. The predicted octanol–water partition coefficient (Wildman–Crippen LogP) is 1.68. The van der Waals surface area contributed by atoms with Crippen LogP contribution in [0.1, 0.15) is 11.3 Å². The minimum atomic E-state index is 0.649. The molecule has 0 saturated carbocycles. The molecule has 0 radical (unpaired) electrons. The van der Waals surface area contributed by atoms with Crippen LogP contribution in [0, 0.1) is 6.92 Å². The van der Waals surface area contributed by atoms with E-state index in [9.17, 15) is 0 Å². The average molecular weight is 254 g/mol. The van der Waals surface area contributed by atoms with Gasteiger partial charge in [0.1, 0.15) is 11.3 Å². The Morgan fingerprint density at radius 2 is 2.05 bits per heavy atom. The van der Waals surface area contributed by atoms with Gasteiger partial charge in [0, 0.05) is 37.2 Å². The quantitative estimate of drug-likeness (QED) is 0.770. The number of pyridine rings is 1. The molecular formula is C13H14N6. The summed E-state index contributed by atoms with van der Waals surface area (Å²) in [5, 5.41) is 7.49. The second-order valence-electron chi connectivity index (χ2n) is 4.33. The van der Waals surface area contributed by atoms with Crippen molar-refractivity contribution in [2.45, 2.75) is 13.5 Å². The Labute approximate surface area is 110 Å². The maximum absolute atomic E-state index is 4.41. The molecule has 0 bridgehead atoms. The predicted molar refractivity (Wildman–Crippen MR) is 72.6 cm³/mol. The summed E-state index contributed by atoms with van der Waals surface area (Å²) in [5.74, 6) is 0.788. The van der Waals surface area contributed by atoms with Crippen LogP contribution in [-0.4, -0.2) is 24.7 Å². The van der Waals surface area contributed by atoms with Gasteiger partial charge in [-0.25, -0.2) is 9.97 Å². The SMILES string of the molecule is Cc1c(CNc2ccc3nccnc3n2)cnn1C. The number of fused-ring (bicyclic) bond motifs is 1. The van der Waals surface area contributed by atoms with E-state index < -0.39 is 0 Å². The first kappa shape index (κ1) is 11.6. The summed E-state index contributed by atoms with van der Waals surface area (Å²) >= 11 is 0. The normalized spacial score (nSPS) is 10.8. The molecule has 0 aromatic carbocycles. The summed E-state index contributed by atoms with van der Waals surface area (Å²) in [5.41, 5.74) is 3.75. The Bertz CT molecular complexity index is 718. The molecule has 0 unspecified atom stereocenters. The van der Waals surface area contributed by atoms with E-state index in [0.717, 1.165) is 22.6 Å². The number of aromatic nitrogens is 5. The van der Waals surface area contributed by atoms with Crippen LogP contribution in [0.2, 0.25) is 0 Å². The van der Waals surface area contributed by atoms with Crippen molar-refractivity contribution in [3.05, 3.63) is 42.0 Å². The third-order valence-corrected chi connectivity index (χ3v) is 3.13. The Morgan fingerprint density at radius 3 is 2.84 bits per heavy atom. The van der Waals surface area contributed by atoms with E-state index in [1.165, 1.54) is 0 Å². The monoisotopic (exact) mass is 254 g/mol. The maximum Gasteiger partial charge on any atom is 0.180 e. The number of anilines is 1. The van der Waals surface area contributed by atoms with Crippen LogP contribution in [0.15, 0.2) is 30.7 Å². The summed E-state index contributed by atoms with van der Waals surface area (Å²) < 4.78 is 1.86. The molecule has 0 atom stereocenters.